The highest BCUT2D eigenvalue weighted by Crippen LogP contribution is 2.22. The fraction of sp³-hybridized carbons (Fsp3) is 0.733. The first-order valence-electron chi connectivity index (χ1n) is 7.47. The van der Waals surface area contributed by atoms with Crippen LogP contribution in [0.3, 0.4) is 0 Å². The van der Waals surface area contributed by atoms with Crippen molar-refractivity contribution in [1.29, 1.82) is 0 Å². The summed E-state index contributed by atoms with van der Waals surface area (Å²) in [6.45, 7) is 5.87. The van der Waals surface area contributed by atoms with Crippen molar-refractivity contribution >= 4 is 5.82 Å². The number of anilines is 1. The second kappa shape index (κ2) is 6.85. The van der Waals surface area contributed by atoms with Crippen molar-refractivity contribution in [3.8, 4) is 0 Å². The lowest BCUT2D eigenvalue weighted by Crippen LogP contribution is -2.33. The van der Waals surface area contributed by atoms with E-state index < -0.39 is 0 Å². The number of hydrogen-bond acceptors (Lipinski definition) is 4. The molecule has 1 aromatic heterocycles. The fourth-order valence-corrected chi connectivity index (χ4v) is 2.85. The molecular formula is C15H26N4. The standard InChI is InChI=1S/C15H26N4/c1-4-16-14-10-12(2)17-15(18-14)11-19(3)13-8-6-5-7-9-13/h10,13H,4-9,11H2,1-3H3,(H,16,17,18). The van der Waals surface area contributed by atoms with Gasteiger partial charge in [0.25, 0.3) is 0 Å². The minimum absolute atomic E-state index is 0.709. The van der Waals surface area contributed by atoms with E-state index in [9.17, 15) is 0 Å². The number of hydrogen-bond donors (Lipinski definition) is 1. The Balaban J connectivity index is 2.00. The molecule has 19 heavy (non-hydrogen) atoms. The van der Waals surface area contributed by atoms with Crippen molar-refractivity contribution in [3.05, 3.63) is 17.6 Å². The third-order valence-corrected chi connectivity index (χ3v) is 3.85. The summed E-state index contributed by atoms with van der Waals surface area (Å²) in [6.07, 6.45) is 6.78. The van der Waals surface area contributed by atoms with Gasteiger partial charge in [-0.2, -0.15) is 0 Å². The highest BCUT2D eigenvalue weighted by molar-refractivity contribution is 5.35. The molecule has 0 amide bonds. The Bertz CT molecular complexity index is 399. The van der Waals surface area contributed by atoms with Crippen LogP contribution >= 0.6 is 0 Å². The van der Waals surface area contributed by atoms with Crippen LogP contribution in [0.15, 0.2) is 6.07 Å². The van der Waals surface area contributed by atoms with Gasteiger partial charge < -0.3 is 5.32 Å². The van der Waals surface area contributed by atoms with Crippen LogP contribution in [-0.2, 0) is 6.54 Å². The van der Waals surface area contributed by atoms with Crippen LogP contribution in [0.2, 0.25) is 0 Å². The van der Waals surface area contributed by atoms with Crippen LogP contribution in [0.1, 0.15) is 50.5 Å². The lowest BCUT2D eigenvalue weighted by atomic mass is 9.94. The molecule has 4 heteroatoms. The Morgan fingerprint density at radius 2 is 2.00 bits per heavy atom. The van der Waals surface area contributed by atoms with Crippen molar-refractivity contribution in [3.63, 3.8) is 0 Å². The van der Waals surface area contributed by atoms with E-state index in [0.29, 0.717) is 6.04 Å². The monoisotopic (exact) mass is 262 g/mol. The molecule has 0 unspecified atom stereocenters. The van der Waals surface area contributed by atoms with Crippen LogP contribution in [0.4, 0.5) is 5.82 Å². The van der Waals surface area contributed by atoms with Gasteiger partial charge in [-0.3, -0.25) is 4.90 Å². The molecule has 1 aliphatic carbocycles. The molecule has 0 bridgehead atoms. The number of nitrogens with zero attached hydrogens (tertiary/aromatic N) is 3. The molecule has 0 spiro atoms. The van der Waals surface area contributed by atoms with Gasteiger partial charge in [0, 0.05) is 24.3 Å². The van der Waals surface area contributed by atoms with Gasteiger partial charge in [0.1, 0.15) is 11.6 Å². The van der Waals surface area contributed by atoms with Crippen molar-refractivity contribution in [2.45, 2.75) is 58.5 Å². The number of aromatic nitrogens is 2. The summed E-state index contributed by atoms with van der Waals surface area (Å²) in [5.74, 6) is 1.88. The molecule has 1 aromatic rings. The zero-order valence-electron chi connectivity index (χ0n) is 12.4. The van der Waals surface area contributed by atoms with E-state index in [1.165, 1.54) is 32.1 Å². The Hall–Kier alpha value is -1.16. The molecule has 1 saturated carbocycles. The zero-order chi connectivity index (χ0) is 13.7. The van der Waals surface area contributed by atoms with Crippen LogP contribution in [0, 0.1) is 6.92 Å². The van der Waals surface area contributed by atoms with Crippen LogP contribution in [-0.4, -0.2) is 34.5 Å². The van der Waals surface area contributed by atoms with Gasteiger partial charge in [0.2, 0.25) is 0 Å². The lowest BCUT2D eigenvalue weighted by molar-refractivity contribution is 0.180. The first-order chi connectivity index (χ1) is 9.19. The van der Waals surface area contributed by atoms with Crippen molar-refractivity contribution in [2.24, 2.45) is 0 Å². The second-order valence-electron chi connectivity index (χ2n) is 5.55. The van der Waals surface area contributed by atoms with E-state index in [4.69, 9.17) is 0 Å². The Kier molecular flexibility index (Phi) is 5.14. The highest BCUT2D eigenvalue weighted by atomic mass is 15.2. The lowest BCUT2D eigenvalue weighted by Gasteiger charge is -2.30. The molecule has 1 fully saturated rings. The van der Waals surface area contributed by atoms with Gasteiger partial charge in [-0.25, -0.2) is 9.97 Å². The van der Waals surface area contributed by atoms with Crippen molar-refractivity contribution in [2.75, 3.05) is 18.9 Å². The summed E-state index contributed by atoms with van der Waals surface area (Å²) in [4.78, 5) is 11.6. The van der Waals surface area contributed by atoms with E-state index in [1.54, 1.807) is 0 Å². The normalized spacial score (nSPS) is 16.8. The van der Waals surface area contributed by atoms with E-state index >= 15 is 0 Å². The Morgan fingerprint density at radius 3 is 2.68 bits per heavy atom. The molecular weight excluding hydrogens is 236 g/mol. The first-order valence-corrected chi connectivity index (χ1v) is 7.47. The SMILES string of the molecule is CCNc1cc(C)nc(CN(C)C2CCCCC2)n1. The third kappa shape index (κ3) is 4.16. The average molecular weight is 262 g/mol. The smallest absolute Gasteiger partial charge is 0.144 e. The fourth-order valence-electron chi connectivity index (χ4n) is 2.85. The molecule has 2 rings (SSSR count). The van der Waals surface area contributed by atoms with Gasteiger partial charge in [-0.05, 0) is 33.7 Å². The molecule has 0 atom stereocenters. The van der Waals surface area contributed by atoms with Crippen LogP contribution < -0.4 is 5.32 Å². The highest BCUT2D eigenvalue weighted by Gasteiger charge is 2.18. The summed E-state index contributed by atoms with van der Waals surface area (Å²) < 4.78 is 0. The van der Waals surface area contributed by atoms with E-state index in [0.717, 1.165) is 30.4 Å². The topological polar surface area (TPSA) is 41.1 Å². The van der Waals surface area contributed by atoms with Gasteiger partial charge in [0.15, 0.2) is 0 Å². The molecule has 0 saturated heterocycles. The van der Waals surface area contributed by atoms with Gasteiger partial charge in [0.05, 0.1) is 6.54 Å². The van der Waals surface area contributed by atoms with E-state index in [-0.39, 0.29) is 0 Å². The second-order valence-corrected chi connectivity index (χ2v) is 5.55. The molecule has 0 aromatic carbocycles. The van der Waals surface area contributed by atoms with Gasteiger partial charge in [-0.1, -0.05) is 19.3 Å². The zero-order valence-corrected chi connectivity index (χ0v) is 12.4. The summed E-state index contributed by atoms with van der Waals surface area (Å²) in [6, 6.07) is 2.72. The van der Waals surface area contributed by atoms with Gasteiger partial charge >= 0.3 is 0 Å². The Labute approximate surface area is 116 Å². The molecule has 1 aliphatic rings. The minimum Gasteiger partial charge on any atom is -0.370 e. The van der Waals surface area contributed by atoms with Gasteiger partial charge in [-0.15, -0.1) is 0 Å². The Morgan fingerprint density at radius 1 is 1.26 bits per heavy atom. The molecule has 1 heterocycles. The summed E-state index contributed by atoms with van der Waals surface area (Å²) >= 11 is 0. The quantitative estimate of drug-likeness (QED) is 0.885. The molecule has 1 N–H and O–H groups in total. The molecule has 0 aliphatic heterocycles. The summed E-state index contributed by atoms with van der Waals surface area (Å²) in [7, 11) is 2.20. The van der Waals surface area contributed by atoms with Crippen molar-refractivity contribution in [1.82, 2.24) is 14.9 Å². The molecule has 106 valence electrons. The first kappa shape index (κ1) is 14.3. The van der Waals surface area contributed by atoms with Crippen molar-refractivity contribution < 1.29 is 0 Å². The number of rotatable bonds is 5. The largest absolute Gasteiger partial charge is 0.370 e. The predicted molar refractivity (Wildman–Crippen MR) is 79.3 cm³/mol. The maximum atomic E-state index is 4.59. The predicted octanol–water partition coefficient (Wildman–Crippen LogP) is 2.98. The van der Waals surface area contributed by atoms with Crippen LogP contribution in [0.5, 0.6) is 0 Å². The van der Waals surface area contributed by atoms with E-state index in [2.05, 4.69) is 34.2 Å². The molecule has 4 nitrogen and oxygen atoms in total. The molecule has 0 radical (unpaired) electrons. The van der Waals surface area contributed by atoms with Crippen LogP contribution in [0.25, 0.3) is 0 Å². The maximum absolute atomic E-state index is 4.59. The number of nitrogens with one attached hydrogen (secondary N) is 1. The minimum atomic E-state index is 0.709. The van der Waals surface area contributed by atoms with E-state index in [1.807, 2.05) is 13.0 Å². The number of aryl methyl sites for hydroxylation is 1. The summed E-state index contributed by atoms with van der Waals surface area (Å²) in [5, 5.41) is 3.27. The third-order valence-electron chi connectivity index (χ3n) is 3.85. The average Bonchev–Trinajstić information content (AvgIpc) is 2.39. The summed E-state index contributed by atoms with van der Waals surface area (Å²) in [5.41, 5.74) is 1.04. The maximum Gasteiger partial charge on any atom is 0.144 e.